The minimum Gasteiger partial charge on any atom is -0.294 e. The van der Waals surface area contributed by atoms with E-state index in [1.807, 2.05) is 0 Å². The molecule has 20 heavy (non-hydrogen) atoms. The number of aryl methyl sites for hydroxylation is 2. The fourth-order valence-corrected chi connectivity index (χ4v) is 4.01. The van der Waals surface area contributed by atoms with Gasteiger partial charge in [-0.3, -0.25) is 9.58 Å². The van der Waals surface area contributed by atoms with Crippen molar-refractivity contribution in [2.75, 3.05) is 6.54 Å². The van der Waals surface area contributed by atoms with E-state index < -0.39 is 0 Å². The van der Waals surface area contributed by atoms with Crippen LogP contribution in [0.15, 0.2) is 4.47 Å². The van der Waals surface area contributed by atoms with Crippen molar-refractivity contribution >= 4 is 15.9 Å². The van der Waals surface area contributed by atoms with Gasteiger partial charge in [-0.15, -0.1) is 0 Å². The fraction of sp³-hybridized carbons (Fsp3) is 0.812. The minimum absolute atomic E-state index is 0.716. The maximum absolute atomic E-state index is 4.63. The number of aromatic nitrogens is 2. The topological polar surface area (TPSA) is 21.1 Å². The molecular formula is C16H28BrN3. The van der Waals surface area contributed by atoms with Crippen LogP contribution in [-0.2, 0) is 20.0 Å². The molecule has 1 heterocycles. The van der Waals surface area contributed by atoms with Gasteiger partial charge in [0, 0.05) is 26.2 Å². The average Bonchev–Trinajstić information content (AvgIpc) is 3.00. The lowest BCUT2D eigenvalue weighted by molar-refractivity contribution is 0.164. The van der Waals surface area contributed by atoms with Crippen LogP contribution in [-0.4, -0.2) is 27.3 Å². The minimum atomic E-state index is 0.716. The Morgan fingerprint density at radius 3 is 2.50 bits per heavy atom. The summed E-state index contributed by atoms with van der Waals surface area (Å²) in [6, 6.07) is 0.768. The summed E-state index contributed by atoms with van der Waals surface area (Å²) in [6.45, 7) is 9.01. The molecular weight excluding hydrogens is 314 g/mol. The van der Waals surface area contributed by atoms with Gasteiger partial charge in [-0.2, -0.15) is 5.10 Å². The highest BCUT2D eigenvalue weighted by Gasteiger charge is 2.25. The summed E-state index contributed by atoms with van der Waals surface area (Å²) in [5, 5.41) is 4.63. The van der Waals surface area contributed by atoms with E-state index in [4.69, 9.17) is 0 Å². The normalized spacial score (nSPS) is 16.8. The number of hydrogen-bond acceptors (Lipinski definition) is 2. The SMILES string of the molecule is CCc1nn(C)c(CN(CC(C)C)C2CCCC2)c1Br. The van der Waals surface area contributed by atoms with Crippen molar-refractivity contribution in [3.63, 3.8) is 0 Å². The Labute approximate surface area is 131 Å². The zero-order valence-electron chi connectivity index (χ0n) is 13.3. The van der Waals surface area contributed by atoms with Gasteiger partial charge in [0.1, 0.15) is 0 Å². The molecule has 1 aliphatic rings. The van der Waals surface area contributed by atoms with Crippen molar-refractivity contribution in [3.8, 4) is 0 Å². The summed E-state index contributed by atoms with van der Waals surface area (Å²) in [6.07, 6.45) is 6.51. The van der Waals surface area contributed by atoms with E-state index in [9.17, 15) is 0 Å². The first-order chi connectivity index (χ1) is 9.52. The molecule has 1 aromatic heterocycles. The molecule has 0 aliphatic heterocycles. The lowest BCUT2D eigenvalue weighted by atomic mass is 10.1. The van der Waals surface area contributed by atoms with E-state index in [1.54, 1.807) is 0 Å². The highest BCUT2D eigenvalue weighted by atomic mass is 79.9. The van der Waals surface area contributed by atoms with Gasteiger partial charge in [-0.05, 0) is 41.1 Å². The van der Waals surface area contributed by atoms with E-state index in [-0.39, 0.29) is 0 Å². The first-order valence-electron chi connectivity index (χ1n) is 7.97. The third-order valence-corrected chi connectivity index (χ3v) is 5.21. The Morgan fingerprint density at radius 2 is 2.00 bits per heavy atom. The molecule has 1 aromatic rings. The molecule has 3 nitrogen and oxygen atoms in total. The van der Waals surface area contributed by atoms with Crippen molar-refractivity contribution in [2.24, 2.45) is 13.0 Å². The maximum atomic E-state index is 4.63. The summed E-state index contributed by atoms with van der Waals surface area (Å²) < 4.78 is 3.28. The molecule has 0 bridgehead atoms. The summed E-state index contributed by atoms with van der Waals surface area (Å²) in [5.41, 5.74) is 2.51. The maximum Gasteiger partial charge on any atom is 0.0767 e. The molecule has 0 aromatic carbocycles. The molecule has 2 rings (SSSR count). The smallest absolute Gasteiger partial charge is 0.0767 e. The molecule has 0 unspecified atom stereocenters. The molecule has 1 aliphatic carbocycles. The third-order valence-electron chi connectivity index (χ3n) is 4.30. The Hall–Kier alpha value is -0.350. The van der Waals surface area contributed by atoms with Gasteiger partial charge in [0.25, 0.3) is 0 Å². The van der Waals surface area contributed by atoms with Crippen LogP contribution in [0, 0.1) is 5.92 Å². The number of hydrogen-bond donors (Lipinski definition) is 0. The lowest BCUT2D eigenvalue weighted by Gasteiger charge is -2.30. The largest absolute Gasteiger partial charge is 0.294 e. The highest BCUT2D eigenvalue weighted by Crippen LogP contribution is 2.28. The third kappa shape index (κ3) is 3.64. The van der Waals surface area contributed by atoms with E-state index >= 15 is 0 Å². The molecule has 0 amide bonds. The van der Waals surface area contributed by atoms with Crippen LogP contribution in [0.2, 0.25) is 0 Å². The molecule has 114 valence electrons. The zero-order chi connectivity index (χ0) is 14.7. The van der Waals surface area contributed by atoms with Crippen molar-refractivity contribution in [3.05, 3.63) is 15.9 Å². The zero-order valence-corrected chi connectivity index (χ0v) is 14.9. The number of nitrogens with zero attached hydrogens (tertiary/aromatic N) is 3. The summed E-state index contributed by atoms with van der Waals surface area (Å²) in [4.78, 5) is 2.68. The van der Waals surface area contributed by atoms with Gasteiger partial charge in [0.2, 0.25) is 0 Å². The standard InChI is InChI=1S/C16H28BrN3/c1-5-14-16(17)15(19(4)18-14)11-20(10-12(2)3)13-8-6-7-9-13/h12-13H,5-11H2,1-4H3. The van der Waals surface area contributed by atoms with Crippen LogP contribution in [0.1, 0.15) is 57.8 Å². The molecule has 1 fully saturated rings. The summed E-state index contributed by atoms with van der Waals surface area (Å²) >= 11 is 3.76. The summed E-state index contributed by atoms with van der Waals surface area (Å²) in [7, 11) is 2.07. The molecule has 1 saturated carbocycles. The van der Waals surface area contributed by atoms with Crippen LogP contribution in [0.3, 0.4) is 0 Å². The second-order valence-electron chi connectivity index (χ2n) is 6.45. The van der Waals surface area contributed by atoms with Gasteiger partial charge in [0.05, 0.1) is 15.9 Å². The second-order valence-corrected chi connectivity index (χ2v) is 7.24. The second kappa shape index (κ2) is 7.08. The quantitative estimate of drug-likeness (QED) is 0.775. The predicted molar refractivity (Wildman–Crippen MR) is 87.8 cm³/mol. The van der Waals surface area contributed by atoms with Crippen LogP contribution in [0.25, 0.3) is 0 Å². The molecule has 0 atom stereocenters. The monoisotopic (exact) mass is 341 g/mol. The molecule has 0 spiro atoms. The average molecular weight is 342 g/mol. The van der Waals surface area contributed by atoms with Gasteiger partial charge in [-0.1, -0.05) is 33.6 Å². The van der Waals surface area contributed by atoms with Gasteiger partial charge >= 0.3 is 0 Å². The van der Waals surface area contributed by atoms with Crippen LogP contribution < -0.4 is 0 Å². The van der Waals surface area contributed by atoms with E-state index in [0.717, 1.165) is 19.0 Å². The van der Waals surface area contributed by atoms with Gasteiger partial charge < -0.3 is 0 Å². The number of halogens is 1. The van der Waals surface area contributed by atoms with Gasteiger partial charge in [-0.25, -0.2) is 0 Å². The van der Waals surface area contributed by atoms with Crippen LogP contribution in [0.4, 0.5) is 0 Å². The lowest BCUT2D eigenvalue weighted by Crippen LogP contribution is -2.36. The van der Waals surface area contributed by atoms with Gasteiger partial charge in [0.15, 0.2) is 0 Å². The van der Waals surface area contributed by atoms with E-state index in [2.05, 4.69) is 58.4 Å². The van der Waals surface area contributed by atoms with Crippen LogP contribution >= 0.6 is 15.9 Å². The first kappa shape index (κ1) is 16.0. The molecule has 0 radical (unpaired) electrons. The van der Waals surface area contributed by atoms with Crippen molar-refractivity contribution in [2.45, 2.75) is 65.5 Å². The number of rotatable bonds is 6. The predicted octanol–water partition coefficient (Wildman–Crippen LogP) is 4.15. The Balaban J connectivity index is 2.16. The van der Waals surface area contributed by atoms with Crippen LogP contribution in [0.5, 0.6) is 0 Å². The van der Waals surface area contributed by atoms with Crippen molar-refractivity contribution in [1.29, 1.82) is 0 Å². The first-order valence-corrected chi connectivity index (χ1v) is 8.76. The fourth-order valence-electron chi connectivity index (χ4n) is 3.27. The van der Waals surface area contributed by atoms with Crippen molar-refractivity contribution < 1.29 is 0 Å². The molecule has 4 heteroatoms. The molecule has 0 N–H and O–H groups in total. The van der Waals surface area contributed by atoms with Crippen molar-refractivity contribution in [1.82, 2.24) is 14.7 Å². The Morgan fingerprint density at radius 1 is 1.35 bits per heavy atom. The highest BCUT2D eigenvalue weighted by molar-refractivity contribution is 9.10. The molecule has 0 saturated heterocycles. The Bertz CT molecular complexity index is 433. The van der Waals surface area contributed by atoms with E-state index in [0.29, 0.717) is 5.92 Å². The van der Waals surface area contributed by atoms with E-state index in [1.165, 1.54) is 48.1 Å². The Kier molecular flexibility index (Phi) is 5.67. The summed E-state index contributed by atoms with van der Waals surface area (Å²) in [5.74, 6) is 0.716.